The third-order valence-corrected chi connectivity index (χ3v) is 4.10. The number of hydrogen-bond acceptors (Lipinski definition) is 4. The standard InChI is InChI=1S/C17H25N3O3/c1-19(16(21)13-18-10-12-23-2)15-9-6-11-20(17(15)22)14-7-4-3-5-8-14/h3-5,7-8,15,18H,6,9-13H2,1-2H3. The number of likely N-dealkylation sites (N-methyl/N-ethyl adjacent to an activating group) is 1. The number of rotatable bonds is 7. The van der Waals surface area contributed by atoms with E-state index >= 15 is 0 Å². The molecule has 1 aromatic carbocycles. The van der Waals surface area contributed by atoms with Gasteiger partial charge in [-0.25, -0.2) is 0 Å². The predicted molar refractivity (Wildman–Crippen MR) is 89.3 cm³/mol. The highest BCUT2D eigenvalue weighted by atomic mass is 16.5. The number of amides is 2. The lowest BCUT2D eigenvalue weighted by Gasteiger charge is -2.36. The minimum atomic E-state index is -0.388. The Kier molecular flexibility index (Phi) is 6.55. The van der Waals surface area contributed by atoms with Gasteiger partial charge in [-0.15, -0.1) is 0 Å². The van der Waals surface area contributed by atoms with Crippen LogP contribution in [0.3, 0.4) is 0 Å². The van der Waals surface area contributed by atoms with Gasteiger partial charge in [0.2, 0.25) is 11.8 Å². The van der Waals surface area contributed by atoms with Gasteiger partial charge in [0.1, 0.15) is 6.04 Å². The molecule has 0 aliphatic carbocycles. The second-order valence-corrected chi connectivity index (χ2v) is 5.66. The quantitative estimate of drug-likeness (QED) is 0.758. The number of benzene rings is 1. The predicted octanol–water partition coefficient (Wildman–Crippen LogP) is 0.876. The fraction of sp³-hybridized carbons (Fsp3) is 0.529. The number of carbonyl (C=O) groups excluding carboxylic acids is 2. The van der Waals surface area contributed by atoms with Gasteiger partial charge >= 0.3 is 0 Å². The Hall–Kier alpha value is -1.92. The molecule has 6 nitrogen and oxygen atoms in total. The smallest absolute Gasteiger partial charge is 0.249 e. The maximum atomic E-state index is 12.7. The maximum Gasteiger partial charge on any atom is 0.249 e. The van der Waals surface area contributed by atoms with Crippen LogP contribution in [0, 0.1) is 0 Å². The summed E-state index contributed by atoms with van der Waals surface area (Å²) in [4.78, 5) is 28.3. The first kappa shape index (κ1) is 17.4. The van der Waals surface area contributed by atoms with Crippen molar-refractivity contribution >= 4 is 17.5 Å². The highest BCUT2D eigenvalue weighted by Crippen LogP contribution is 2.23. The van der Waals surface area contributed by atoms with Crippen LogP contribution in [-0.4, -0.2) is 63.2 Å². The van der Waals surface area contributed by atoms with E-state index in [0.717, 1.165) is 12.1 Å². The van der Waals surface area contributed by atoms with Gasteiger partial charge in [0.05, 0.1) is 13.2 Å². The lowest BCUT2D eigenvalue weighted by molar-refractivity contribution is -0.138. The SMILES string of the molecule is COCCNCC(=O)N(C)C1CCCN(c2ccccc2)C1=O. The fourth-order valence-corrected chi connectivity index (χ4v) is 2.75. The molecule has 126 valence electrons. The number of piperidine rings is 1. The van der Waals surface area contributed by atoms with E-state index in [1.807, 2.05) is 30.3 Å². The number of hydrogen-bond donors (Lipinski definition) is 1. The number of nitrogens with one attached hydrogen (secondary N) is 1. The number of methoxy groups -OCH3 is 1. The summed E-state index contributed by atoms with van der Waals surface area (Å²) in [6, 6.07) is 9.22. The minimum absolute atomic E-state index is 0.00445. The third-order valence-electron chi connectivity index (χ3n) is 4.10. The summed E-state index contributed by atoms with van der Waals surface area (Å²) >= 11 is 0. The van der Waals surface area contributed by atoms with Gasteiger partial charge in [-0.2, -0.15) is 0 Å². The fourth-order valence-electron chi connectivity index (χ4n) is 2.75. The average molecular weight is 319 g/mol. The van der Waals surface area contributed by atoms with Gasteiger partial charge in [0.25, 0.3) is 0 Å². The second-order valence-electron chi connectivity index (χ2n) is 5.66. The first-order valence-electron chi connectivity index (χ1n) is 7.97. The third kappa shape index (κ3) is 4.53. The largest absolute Gasteiger partial charge is 0.383 e. The lowest BCUT2D eigenvalue weighted by atomic mass is 10.0. The van der Waals surface area contributed by atoms with Gasteiger partial charge < -0.3 is 19.9 Å². The molecule has 0 aromatic heterocycles. The van der Waals surface area contributed by atoms with Gasteiger partial charge in [-0.3, -0.25) is 9.59 Å². The van der Waals surface area contributed by atoms with Crippen LogP contribution in [0.1, 0.15) is 12.8 Å². The van der Waals surface area contributed by atoms with Crippen molar-refractivity contribution in [3.63, 3.8) is 0 Å². The molecule has 1 fully saturated rings. The van der Waals surface area contributed by atoms with E-state index in [1.165, 1.54) is 0 Å². The zero-order valence-corrected chi connectivity index (χ0v) is 13.8. The minimum Gasteiger partial charge on any atom is -0.383 e. The second kappa shape index (κ2) is 8.64. The molecule has 1 heterocycles. The first-order chi connectivity index (χ1) is 11.1. The topological polar surface area (TPSA) is 61.9 Å². The molecule has 6 heteroatoms. The van der Waals surface area contributed by atoms with Crippen molar-refractivity contribution in [2.24, 2.45) is 0 Å². The molecule has 0 bridgehead atoms. The van der Waals surface area contributed by atoms with Crippen LogP contribution in [0.4, 0.5) is 5.69 Å². The Morgan fingerprint density at radius 3 is 2.83 bits per heavy atom. The Labute approximate surface area is 137 Å². The van der Waals surface area contributed by atoms with Gasteiger partial charge in [-0.05, 0) is 25.0 Å². The first-order valence-corrected chi connectivity index (χ1v) is 7.97. The molecule has 1 N–H and O–H groups in total. The summed E-state index contributed by atoms with van der Waals surface area (Å²) in [5.41, 5.74) is 0.890. The normalized spacial score (nSPS) is 18.1. The molecule has 1 unspecified atom stereocenters. The van der Waals surface area contributed by atoms with E-state index in [4.69, 9.17) is 4.74 Å². The van der Waals surface area contributed by atoms with Gasteiger partial charge in [-0.1, -0.05) is 18.2 Å². The molecule has 1 aliphatic heterocycles. The monoisotopic (exact) mass is 319 g/mol. The molecule has 1 atom stereocenters. The van der Waals surface area contributed by atoms with Gasteiger partial charge in [0.15, 0.2) is 0 Å². The summed E-state index contributed by atoms with van der Waals surface area (Å²) in [5, 5.41) is 3.02. The number of para-hydroxylation sites is 1. The lowest BCUT2D eigenvalue weighted by Crippen LogP contribution is -2.54. The summed E-state index contributed by atoms with van der Waals surface area (Å²) in [5.74, 6) is -0.0791. The highest BCUT2D eigenvalue weighted by molar-refractivity contribution is 6.00. The molecule has 1 saturated heterocycles. The molecule has 1 aliphatic rings. The maximum absolute atomic E-state index is 12.7. The van der Waals surface area contributed by atoms with E-state index in [9.17, 15) is 9.59 Å². The molecule has 0 saturated carbocycles. The number of nitrogens with zero attached hydrogens (tertiary/aromatic N) is 2. The Bertz CT molecular complexity index is 521. The van der Waals surface area contributed by atoms with Crippen LogP contribution in [0.5, 0.6) is 0 Å². The van der Waals surface area contributed by atoms with Crippen molar-refractivity contribution in [1.29, 1.82) is 0 Å². The summed E-state index contributed by atoms with van der Waals surface area (Å²) in [6.07, 6.45) is 1.60. The van der Waals surface area contributed by atoms with Crippen LogP contribution in [-0.2, 0) is 14.3 Å². The van der Waals surface area contributed by atoms with E-state index in [-0.39, 0.29) is 24.4 Å². The van der Waals surface area contributed by atoms with Crippen LogP contribution < -0.4 is 10.2 Å². The van der Waals surface area contributed by atoms with E-state index in [2.05, 4.69) is 5.32 Å². The van der Waals surface area contributed by atoms with Crippen LogP contribution in [0.2, 0.25) is 0 Å². The van der Waals surface area contributed by atoms with Crippen LogP contribution >= 0.6 is 0 Å². The summed E-state index contributed by atoms with van der Waals surface area (Å²) in [6.45, 7) is 2.09. The van der Waals surface area contributed by atoms with Crippen molar-refractivity contribution in [3.05, 3.63) is 30.3 Å². The van der Waals surface area contributed by atoms with Gasteiger partial charge in [0, 0.05) is 32.9 Å². The zero-order valence-electron chi connectivity index (χ0n) is 13.8. The van der Waals surface area contributed by atoms with Crippen LogP contribution in [0.15, 0.2) is 30.3 Å². The van der Waals surface area contributed by atoms with Crippen molar-refractivity contribution in [2.45, 2.75) is 18.9 Å². The zero-order chi connectivity index (χ0) is 16.7. The average Bonchev–Trinajstić information content (AvgIpc) is 2.59. The molecular formula is C17H25N3O3. The van der Waals surface area contributed by atoms with Crippen molar-refractivity contribution in [1.82, 2.24) is 10.2 Å². The summed E-state index contributed by atoms with van der Waals surface area (Å²) < 4.78 is 4.93. The molecule has 23 heavy (non-hydrogen) atoms. The van der Waals surface area contributed by atoms with E-state index in [0.29, 0.717) is 26.1 Å². The van der Waals surface area contributed by atoms with E-state index in [1.54, 1.807) is 24.0 Å². The van der Waals surface area contributed by atoms with Crippen molar-refractivity contribution < 1.29 is 14.3 Å². The molecule has 2 rings (SSSR count). The Balaban J connectivity index is 1.96. The molecule has 0 spiro atoms. The van der Waals surface area contributed by atoms with Crippen molar-refractivity contribution in [3.8, 4) is 0 Å². The Morgan fingerprint density at radius 2 is 2.13 bits per heavy atom. The number of anilines is 1. The molecule has 2 amide bonds. The van der Waals surface area contributed by atoms with E-state index < -0.39 is 0 Å². The Morgan fingerprint density at radius 1 is 1.39 bits per heavy atom. The van der Waals surface area contributed by atoms with Crippen molar-refractivity contribution in [2.75, 3.05) is 45.3 Å². The highest BCUT2D eigenvalue weighted by Gasteiger charge is 2.34. The summed E-state index contributed by atoms with van der Waals surface area (Å²) in [7, 11) is 3.33. The number of carbonyl (C=O) groups is 2. The van der Waals surface area contributed by atoms with Crippen LogP contribution in [0.25, 0.3) is 0 Å². The number of ether oxygens (including phenoxy) is 1. The molecular weight excluding hydrogens is 294 g/mol. The molecule has 1 aromatic rings. The molecule has 0 radical (unpaired) electrons.